The topological polar surface area (TPSA) is 55.4 Å². The molecule has 0 saturated heterocycles. The molecule has 0 fully saturated rings. The molecule has 8 heteroatoms. The van der Waals surface area contributed by atoms with Gasteiger partial charge >= 0.3 is 18.1 Å². The summed E-state index contributed by atoms with van der Waals surface area (Å²) in [6.07, 6.45) is -6.68. The summed E-state index contributed by atoms with van der Waals surface area (Å²) in [7, 11) is 0. The molecule has 1 aromatic heterocycles. The fourth-order valence-electron chi connectivity index (χ4n) is 1.89. The van der Waals surface area contributed by atoms with Crippen molar-refractivity contribution in [2.45, 2.75) is 31.9 Å². The van der Waals surface area contributed by atoms with Crippen molar-refractivity contribution < 1.29 is 27.1 Å². The van der Waals surface area contributed by atoms with Crippen LogP contribution in [0.25, 0.3) is 11.1 Å². The van der Waals surface area contributed by atoms with Crippen molar-refractivity contribution in [2.75, 3.05) is 0 Å². The SMILES string of the molecule is CCn1c(=O)oc2cc(C(O)C(F)(F)C(F)F)ccc21. The second kappa shape index (κ2) is 4.93. The number of oxazole rings is 1. The molecule has 0 aliphatic rings. The van der Waals surface area contributed by atoms with Crippen LogP contribution in [0.3, 0.4) is 0 Å². The molecule has 2 aromatic rings. The first-order valence-corrected chi connectivity index (χ1v) is 5.76. The van der Waals surface area contributed by atoms with Gasteiger partial charge in [0.25, 0.3) is 0 Å². The summed E-state index contributed by atoms with van der Waals surface area (Å²) in [5.74, 6) is -5.27. The second-order valence-corrected chi connectivity index (χ2v) is 4.22. The lowest BCUT2D eigenvalue weighted by Crippen LogP contribution is -2.34. The lowest BCUT2D eigenvalue weighted by Gasteiger charge is -2.21. The van der Waals surface area contributed by atoms with E-state index >= 15 is 0 Å². The zero-order valence-electron chi connectivity index (χ0n) is 10.3. The van der Waals surface area contributed by atoms with Crippen LogP contribution in [0.2, 0.25) is 0 Å². The Morgan fingerprint density at radius 3 is 2.60 bits per heavy atom. The smallest absolute Gasteiger partial charge is 0.408 e. The number of halogens is 4. The van der Waals surface area contributed by atoms with Crippen LogP contribution in [0, 0.1) is 0 Å². The van der Waals surface area contributed by atoms with Gasteiger partial charge in [-0.2, -0.15) is 8.78 Å². The molecule has 1 N–H and O–H groups in total. The van der Waals surface area contributed by atoms with Crippen molar-refractivity contribution >= 4 is 11.1 Å². The van der Waals surface area contributed by atoms with Gasteiger partial charge in [0.15, 0.2) is 5.58 Å². The van der Waals surface area contributed by atoms with Gasteiger partial charge in [0, 0.05) is 6.54 Å². The van der Waals surface area contributed by atoms with Gasteiger partial charge in [-0.05, 0) is 24.6 Å². The third-order valence-corrected chi connectivity index (χ3v) is 2.98. The molecule has 1 heterocycles. The number of benzene rings is 1. The molecule has 1 atom stereocenters. The largest absolute Gasteiger partial charge is 0.419 e. The van der Waals surface area contributed by atoms with Crippen LogP contribution in [0.5, 0.6) is 0 Å². The molecule has 1 aromatic carbocycles. The minimum absolute atomic E-state index is 0.0431. The van der Waals surface area contributed by atoms with Crippen LogP contribution in [0.1, 0.15) is 18.6 Å². The normalized spacial score (nSPS) is 14.2. The van der Waals surface area contributed by atoms with E-state index in [-0.39, 0.29) is 5.58 Å². The summed E-state index contributed by atoms with van der Waals surface area (Å²) in [5, 5.41) is 9.35. The van der Waals surface area contributed by atoms with Gasteiger partial charge in [-0.15, -0.1) is 0 Å². The van der Waals surface area contributed by atoms with Gasteiger partial charge < -0.3 is 9.52 Å². The minimum atomic E-state index is -4.58. The highest BCUT2D eigenvalue weighted by Crippen LogP contribution is 2.37. The average Bonchev–Trinajstić information content (AvgIpc) is 2.71. The fraction of sp³-hybridized carbons (Fsp3) is 0.417. The predicted octanol–water partition coefficient (Wildman–Crippen LogP) is 2.55. The van der Waals surface area contributed by atoms with E-state index in [1.165, 1.54) is 10.6 Å². The molecular weight excluding hydrogens is 282 g/mol. The van der Waals surface area contributed by atoms with Crippen molar-refractivity contribution in [1.29, 1.82) is 0 Å². The van der Waals surface area contributed by atoms with Crippen molar-refractivity contribution in [3.05, 3.63) is 34.3 Å². The van der Waals surface area contributed by atoms with E-state index in [1.54, 1.807) is 6.92 Å². The molecule has 0 aliphatic heterocycles. The fourth-order valence-corrected chi connectivity index (χ4v) is 1.89. The molecule has 0 spiro atoms. The number of hydrogen-bond acceptors (Lipinski definition) is 3. The van der Waals surface area contributed by atoms with Gasteiger partial charge in [-0.1, -0.05) is 6.07 Å². The van der Waals surface area contributed by atoms with Crippen LogP contribution >= 0.6 is 0 Å². The maximum atomic E-state index is 13.1. The van der Waals surface area contributed by atoms with E-state index in [0.29, 0.717) is 12.1 Å². The number of fused-ring (bicyclic) bond motifs is 1. The molecule has 0 amide bonds. The maximum absolute atomic E-state index is 13.1. The van der Waals surface area contributed by atoms with Crippen LogP contribution in [-0.4, -0.2) is 22.0 Å². The number of nitrogens with zero attached hydrogens (tertiary/aromatic N) is 1. The number of rotatable bonds is 4. The van der Waals surface area contributed by atoms with E-state index in [0.717, 1.165) is 12.1 Å². The predicted molar refractivity (Wildman–Crippen MR) is 62.1 cm³/mol. The van der Waals surface area contributed by atoms with Crippen LogP contribution in [0.4, 0.5) is 17.6 Å². The lowest BCUT2D eigenvalue weighted by molar-refractivity contribution is -0.193. The third kappa shape index (κ3) is 2.20. The third-order valence-electron chi connectivity index (χ3n) is 2.98. The molecule has 1 unspecified atom stereocenters. The molecule has 20 heavy (non-hydrogen) atoms. The zero-order chi connectivity index (χ0) is 15.1. The first kappa shape index (κ1) is 14.6. The van der Waals surface area contributed by atoms with Crippen LogP contribution in [-0.2, 0) is 6.54 Å². The monoisotopic (exact) mass is 293 g/mol. The van der Waals surface area contributed by atoms with E-state index in [4.69, 9.17) is 4.42 Å². The summed E-state index contributed by atoms with van der Waals surface area (Å²) < 4.78 is 56.6. The van der Waals surface area contributed by atoms with E-state index < -0.39 is 29.8 Å². The molecule has 0 bridgehead atoms. The summed E-state index contributed by atoms with van der Waals surface area (Å²) in [6, 6.07) is 3.29. The van der Waals surface area contributed by atoms with Crippen molar-refractivity contribution in [2.24, 2.45) is 0 Å². The first-order chi connectivity index (χ1) is 9.28. The summed E-state index contributed by atoms with van der Waals surface area (Å²) in [6.45, 7) is 1.99. The van der Waals surface area contributed by atoms with Crippen molar-refractivity contribution in [3.8, 4) is 0 Å². The number of aliphatic hydroxyl groups excluding tert-OH is 1. The summed E-state index contributed by atoms with van der Waals surface area (Å²) >= 11 is 0. The van der Waals surface area contributed by atoms with Gasteiger partial charge in [0.05, 0.1) is 5.52 Å². The molecule has 2 rings (SSSR count). The highest BCUT2D eigenvalue weighted by Gasteiger charge is 2.48. The Hall–Kier alpha value is -1.83. The van der Waals surface area contributed by atoms with Crippen LogP contribution < -0.4 is 5.76 Å². The van der Waals surface area contributed by atoms with E-state index in [2.05, 4.69) is 0 Å². The number of hydrogen-bond donors (Lipinski definition) is 1. The Bertz CT molecular complexity index is 677. The Labute approximate surface area is 110 Å². The van der Waals surface area contributed by atoms with E-state index in [1.807, 2.05) is 0 Å². The maximum Gasteiger partial charge on any atom is 0.419 e. The number of alkyl halides is 4. The molecule has 0 radical (unpaired) electrons. The molecule has 110 valence electrons. The Morgan fingerprint density at radius 1 is 1.40 bits per heavy atom. The lowest BCUT2D eigenvalue weighted by atomic mass is 10.0. The molecule has 4 nitrogen and oxygen atoms in total. The van der Waals surface area contributed by atoms with Gasteiger partial charge in [-0.25, -0.2) is 13.6 Å². The van der Waals surface area contributed by atoms with Gasteiger partial charge in [-0.3, -0.25) is 4.57 Å². The van der Waals surface area contributed by atoms with Gasteiger partial charge in [0.2, 0.25) is 0 Å². The Kier molecular flexibility index (Phi) is 3.59. The van der Waals surface area contributed by atoms with E-state index in [9.17, 15) is 27.5 Å². The highest BCUT2D eigenvalue weighted by molar-refractivity contribution is 5.73. The molecule has 0 saturated carbocycles. The number of aryl methyl sites for hydroxylation is 1. The van der Waals surface area contributed by atoms with Gasteiger partial charge in [0.1, 0.15) is 6.10 Å². The summed E-state index contributed by atoms with van der Waals surface area (Å²) in [4.78, 5) is 11.4. The second-order valence-electron chi connectivity index (χ2n) is 4.22. The average molecular weight is 293 g/mol. The Balaban J connectivity index is 2.50. The zero-order valence-corrected chi connectivity index (χ0v) is 10.3. The highest BCUT2D eigenvalue weighted by atomic mass is 19.3. The first-order valence-electron chi connectivity index (χ1n) is 5.76. The van der Waals surface area contributed by atoms with Crippen molar-refractivity contribution in [1.82, 2.24) is 4.57 Å². The quantitative estimate of drug-likeness (QED) is 0.881. The minimum Gasteiger partial charge on any atom is -0.408 e. The number of aromatic nitrogens is 1. The number of aliphatic hydroxyl groups is 1. The molecular formula is C12H11F4NO3. The van der Waals surface area contributed by atoms with Crippen molar-refractivity contribution in [3.63, 3.8) is 0 Å². The Morgan fingerprint density at radius 2 is 2.05 bits per heavy atom. The summed E-state index contributed by atoms with van der Waals surface area (Å²) in [5.41, 5.74) is -0.146. The standard InChI is InChI=1S/C12H11F4NO3/c1-2-17-7-4-3-6(5-8(7)20-11(17)19)9(18)12(15,16)10(13)14/h3-5,9-10,18H,2H2,1H3. The molecule has 0 aliphatic carbocycles. The van der Waals surface area contributed by atoms with Crippen LogP contribution in [0.15, 0.2) is 27.4 Å².